The van der Waals surface area contributed by atoms with Gasteiger partial charge in [-0.3, -0.25) is 4.79 Å². The van der Waals surface area contributed by atoms with Crippen LogP contribution in [0.4, 0.5) is 0 Å². The molecule has 0 atom stereocenters. The van der Waals surface area contributed by atoms with Gasteiger partial charge in [0.05, 0.1) is 13.2 Å². The van der Waals surface area contributed by atoms with E-state index >= 15 is 0 Å². The molecule has 0 saturated carbocycles. The van der Waals surface area contributed by atoms with E-state index < -0.39 is 0 Å². The van der Waals surface area contributed by atoms with Gasteiger partial charge in [0.1, 0.15) is 0 Å². The van der Waals surface area contributed by atoms with E-state index in [1.165, 1.54) is 5.56 Å². The van der Waals surface area contributed by atoms with Crippen LogP contribution >= 0.6 is 0 Å². The number of ether oxygens (including phenoxy) is 1. The molecule has 0 aliphatic carbocycles. The van der Waals surface area contributed by atoms with Crippen LogP contribution in [0.1, 0.15) is 29.8 Å². The number of carbonyl (C=O) groups is 1. The van der Waals surface area contributed by atoms with Crippen molar-refractivity contribution in [3.63, 3.8) is 0 Å². The molecule has 0 aliphatic rings. The molecule has 0 saturated heterocycles. The highest BCUT2D eigenvalue weighted by molar-refractivity contribution is 5.97. The highest BCUT2D eigenvalue weighted by atomic mass is 16.5. The van der Waals surface area contributed by atoms with Gasteiger partial charge in [0.25, 0.3) is 0 Å². The number of nitrogens with one attached hydrogen (secondary N) is 1. The standard InChI is InChI=1S/C15H23NO2/c1-12(2)9-13-5-4-6-14(10-13)15(17)11-16-7-8-18-3/h4-6,10,12,16H,7-9,11H2,1-3H3. The quantitative estimate of drug-likeness (QED) is 0.567. The molecule has 3 heteroatoms. The van der Waals surface area contributed by atoms with Crippen molar-refractivity contribution in [1.29, 1.82) is 0 Å². The average Bonchev–Trinajstić information content (AvgIpc) is 2.34. The van der Waals surface area contributed by atoms with E-state index in [2.05, 4.69) is 25.2 Å². The van der Waals surface area contributed by atoms with Gasteiger partial charge < -0.3 is 10.1 Å². The van der Waals surface area contributed by atoms with Crippen molar-refractivity contribution in [1.82, 2.24) is 5.32 Å². The second-order valence-corrected chi connectivity index (χ2v) is 4.89. The molecular weight excluding hydrogens is 226 g/mol. The number of methoxy groups -OCH3 is 1. The van der Waals surface area contributed by atoms with Crippen molar-refractivity contribution in [2.24, 2.45) is 5.92 Å². The van der Waals surface area contributed by atoms with Crippen LogP contribution in [0.25, 0.3) is 0 Å². The van der Waals surface area contributed by atoms with Crippen molar-refractivity contribution >= 4 is 5.78 Å². The third-order valence-electron chi connectivity index (χ3n) is 2.66. The summed E-state index contributed by atoms with van der Waals surface area (Å²) in [5.41, 5.74) is 2.02. The molecule has 1 rings (SSSR count). The summed E-state index contributed by atoms with van der Waals surface area (Å²) < 4.78 is 4.92. The Balaban J connectivity index is 2.51. The largest absolute Gasteiger partial charge is 0.383 e. The van der Waals surface area contributed by atoms with E-state index in [4.69, 9.17) is 4.74 Å². The lowest BCUT2D eigenvalue weighted by atomic mass is 10.00. The Morgan fingerprint density at radius 1 is 1.39 bits per heavy atom. The number of carbonyl (C=O) groups excluding carboxylic acids is 1. The number of benzene rings is 1. The Hall–Kier alpha value is -1.19. The van der Waals surface area contributed by atoms with E-state index in [9.17, 15) is 4.79 Å². The zero-order valence-corrected chi connectivity index (χ0v) is 11.5. The number of rotatable bonds is 8. The second kappa shape index (κ2) is 8.01. The summed E-state index contributed by atoms with van der Waals surface area (Å²) in [5, 5.41) is 3.07. The van der Waals surface area contributed by atoms with Gasteiger partial charge in [-0.2, -0.15) is 0 Å². The molecular formula is C15H23NO2. The van der Waals surface area contributed by atoms with Crippen molar-refractivity contribution in [2.75, 3.05) is 26.8 Å². The third-order valence-corrected chi connectivity index (χ3v) is 2.66. The van der Waals surface area contributed by atoms with Crippen molar-refractivity contribution in [3.8, 4) is 0 Å². The van der Waals surface area contributed by atoms with Crippen LogP contribution < -0.4 is 5.32 Å². The van der Waals surface area contributed by atoms with Crippen molar-refractivity contribution < 1.29 is 9.53 Å². The van der Waals surface area contributed by atoms with Crippen LogP contribution in [0.5, 0.6) is 0 Å². The van der Waals surface area contributed by atoms with Gasteiger partial charge in [-0.25, -0.2) is 0 Å². The minimum atomic E-state index is 0.136. The Bertz CT molecular complexity index is 375. The molecule has 1 N–H and O–H groups in total. The summed E-state index contributed by atoms with van der Waals surface area (Å²) in [7, 11) is 1.65. The number of ketones is 1. The monoisotopic (exact) mass is 249 g/mol. The summed E-state index contributed by atoms with van der Waals surface area (Å²) in [5.74, 6) is 0.742. The lowest BCUT2D eigenvalue weighted by Crippen LogP contribution is -2.26. The first-order valence-electron chi connectivity index (χ1n) is 6.45. The van der Waals surface area contributed by atoms with Gasteiger partial charge in [0.2, 0.25) is 0 Å². The van der Waals surface area contributed by atoms with Gasteiger partial charge in [-0.1, -0.05) is 32.0 Å². The molecule has 100 valence electrons. The predicted molar refractivity (Wildman–Crippen MR) is 74.1 cm³/mol. The molecule has 0 unspecified atom stereocenters. The number of Topliss-reactive ketones (excluding diaryl/α,β-unsaturated/α-hetero) is 1. The molecule has 0 fully saturated rings. The molecule has 18 heavy (non-hydrogen) atoms. The molecule has 0 aromatic heterocycles. The van der Waals surface area contributed by atoms with Gasteiger partial charge in [0, 0.05) is 19.2 Å². The van der Waals surface area contributed by atoms with Gasteiger partial charge >= 0.3 is 0 Å². The van der Waals surface area contributed by atoms with E-state index in [1.807, 2.05) is 18.2 Å². The highest BCUT2D eigenvalue weighted by Crippen LogP contribution is 2.10. The molecule has 0 heterocycles. The predicted octanol–water partition coefficient (Wildman–Crippen LogP) is 2.30. The topological polar surface area (TPSA) is 38.3 Å². The third kappa shape index (κ3) is 5.43. The zero-order valence-electron chi connectivity index (χ0n) is 11.5. The fourth-order valence-electron chi connectivity index (χ4n) is 1.82. The minimum Gasteiger partial charge on any atom is -0.383 e. The summed E-state index contributed by atoms with van der Waals surface area (Å²) in [6.45, 7) is 6.06. The first-order valence-corrected chi connectivity index (χ1v) is 6.45. The Morgan fingerprint density at radius 2 is 2.17 bits per heavy atom. The lowest BCUT2D eigenvalue weighted by molar-refractivity contribution is 0.0987. The SMILES string of the molecule is COCCNCC(=O)c1cccc(CC(C)C)c1. The minimum absolute atomic E-state index is 0.136. The van der Waals surface area contributed by atoms with Gasteiger partial charge in [-0.05, 0) is 24.0 Å². The smallest absolute Gasteiger partial charge is 0.176 e. The van der Waals surface area contributed by atoms with Crippen LogP contribution in [-0.2, 0) is 11.2 Å². The summed E-state index contributed by atoms with van der Waals surface area (Å²) in [6.07, 6.45) is 1.01. The Kier molecular flexibility index (Phi) is 6.61. The molecule has 0 spiro atoms. The van der Waals surface area contributed by atoms with Crippen LogP contribution in [-0.4, -0.2) is 32.6 Å². The van der Waals surface area contributed by atoms with Crippen LogP contribution in [0.15, 0.2) is 24.3 Å². The fraction of sp³-hybridized carbons (Fsp3) is 0.533. The van der Waals surface area contributed by atoms with Crippen LogP contribution in [0, 0.1) is 5.92 Å². The van der Waals surface area contributed by atoms with E-state index in [1.54, 1.807) is 7.11 Å². The molecule has 0 bridgehead atoms. The molecule has 1 aromatic rings. The number of hydrogen-bond donors (Lipinski definition) is 1. The van der Waals surface area contributed by atoms with Gasteiger partial charge in [-0.15, -0.1) is 0 Å². The highest BCUT2D eigenvalue weighted by Gasteiger charge is 2.06. The maximum atomic E-state index is 11.9. The van der Waals surface area contributed by atoms with Gasteiger partial charge in [0.15, 0.2) is 5.78 Å². The normalized spacial score (nSPS) is 10.9. The maximum Gasteiger partial charge on any atom is 0.176 e. The summed E-state index contributed by atoms with van der Waals surface area (Å²) in [4.78, 5) is 11.9. The molecule has 1 aromatic carbocycles. The Morgan fingerprint density at radius 3 is 2.83 bits per heavy atom. The zero-order chi connectivity index (χ0) is 13.4. The molecule has 0 radical (unpaired) electrons. The van der Waals surface area contributed by atoms with Crippen molar-refractivity contribution in [2.45, 2.75) is 20.3 Å². The summed E-state index contributed by atoms with van der Waals surface area (Å²) in [6, 6.07) is 7.92. The Labute approximate surface area is 110 Å². The van der Waals surface area contributed by atoms with E-state index in [0.717, 1.165) is 12.0 Å². The second-order valence-electron chi connectivity index (χ2n) is 4.89. The van der Waals surface area contributed by atoms with E-state index in [-0.39, 0.29) is 5.78 Å². The van der Waals surface area contributed by atoms with Crippen LogP contribution in [0.3, 0.4) is 0 Å². The van der Waals surface area contributed by atoms with Crippen LogP contribution in [0.2, 0.25) is 0 Å². The first kappa shape index (κ1) is 14.9. The fourth-order valence-corrected chi connectivity index (χ4v) is 1.82. The maximum absolute atomic E-state index is 11.9. The lowest BCUT2D eigenvalue weighted by Gasteiger charge is -2.07. The molecule has 0 aliphatic heterocycles. The average molecular weight is 249 g/mol. The first-order chi connectivity index (χ1) is 8.63. The number of hydrogen-bond acceptors (Lipinski definition) is 3. The molecule has 0 amide bonds. The van der Waals surface area contributed by atoms with E-state index in [0.29, 0.717) is 25.6 Å². The van der Waals surface area contributed by atoms with Crippen molar-refractivity contribution in [3.05, 3.63) is 35.4 Å². The molecule has 3 nitrogen and oxygen atoms in total. The summed E-state index contributed by atoms with van der Waals surface area (Å²) >= 11 is 0.